The fraction of sp³-hybridized carbons (Fsp3) is 0.308. The molecule has 5 nitrogen and oxygen atoms in total. The largest absolute Gasteiger partial charge is 0.476 e. The molecule has 0 bridgehead atoms. The summed E-state index contributed by atoms with van der Waals surface area (Å²) in [7, 11) is 1.73. The van der Waals surface area contributed by atoms with E-state index in [0.717, 1.165) is 23.5 Å². The molecule has 6 heteroatoms. The zero-order chi connectivity index (χ0) is 13.4. The third-order valence-electron chi connectivity index (χ3n) is 3.14. The van der Waals surface area contributed by atoms with Gasteiger partial charge in [-0.15, -0.1) is 11.3 Å². The van der Waals surface area contributed by atoms with Gasteiger partial charge in [0.25, 0.3) is 0 Å². The van der Waals surface area contributed by atoms with Crippen LogP contribution in [0.4, 0.5) is 0 Å². The van der Waals surface area contributed by atoms with Crippen molar-refractivity contribution in [3.05, 3.63) is 33.0 Å². The molecule has 0 spiro atoms. The Morgan fingerprint density at radius 3 is 3.00 bits per heavy atom. The Bertz CT molecular complexity index is 648. The molecule has 2 aromatic heterocycles. The summed E-state index contributed by atoms with van der Waals surface area (Å²) in [4.78, 5) is 16.8. The molecule has 0 fully saturated rings. The molecular weight excluding hydrogens is 262 g/mol. The number of fused-ring (bicyclic) bond motifs is 1. The summed E-state index contributed by atoms with van der Waals surface area (Å²) >= 11 is 1.72. The monoisotopic (exact) mass is 275 g/mol. The van der Waals surface area contributed by atoms with Crippen LogP contribution >= 0.6 is 11.3 Å². The Balaban J connectivity index is 1.83. The lowest BCUT2D eigenvalue weighted by Crippen LogP contribution is -1.99. The van der Waals surface area contributed by atoms with E-state index in [4.69, 9.17) is 5.11 Å². The zero-order valence-electron chi connectivity index (χ0n) is 10.5. The molecule has 1 aliphatic carbocycles. The second-order valence-corrected chi connectivity index (χ2v) is 5.61. The number of thiazole rings is 1. The van der Waals surface area contributed by atoms with Crippen LogP contribution in [0.2, 0.25) is 0 Å². The lowest BCUT2D eigenvalue weighted by molar-refractivity contribution is 0.0689. The number of aryl methyl sites for hydroxylation is 3. The quantitative estimate of drug-likeness (QED) is 0.932. The molecule has 0 atom stereocenters. The Morgan fingerprint density at radius 1 is 1.47 bits per heavy atom. The first-order chi connectivity index (χ1) is 9.13. The van der Waals surface area contributed by atoms with E-state index in [0.29, 0.717) is 0 Å². The highest BCUT2D eigenvalue weighted by Crippen LogP contribution is 2.28. The molecular formula is C13H13N3O2S. The molecule has 98 valence electrons. The lowest BCUT2D eigenvalue weighted by Gasteiger charge is -1.92. The zero-order valence-corrected chi connectivity index (χ0v) is 11.3. The van der Waals surface area contributed by atoms with E-state index in [9.17, 15) is 4.79 Å². The molecule has 0 aliphatic heterocycles. The highest BCUT2D eigenvalue weighted by Gasteiger charge is 2.15. The lowest BCUT2D eigenvalue weighted by atomic mass is 10.3. The SMILES string of the molecule is Cn1nc(C(=O)O)cc1/C=C/c1nc2c(s1)CCC2. The first-order valence-corrected chi connectivity index (χ1v) is 6.89. The van der Waals surface area contributed by atoms with Crippen LogP contribution in [-0.4, -0.2) is 25.8 Å². The van der Waals surface area contributed by atoms with Crippen LogP contribution in [0, 0.1) is 0 Å². The summed E-state index contributed by atoms with van der Waals surface area (Å²) < 4.78 is 1.56. The van der Waals surface area contributed by atoms with Crippen molar-refractivity contribution in [1.82, 2.24) is 14.8 Å². The molecule has 2 aromatic rings. The van der Waals surface area contributed by atoms with Gasteiger partial charge < -0.3 is 5.11 Å². The summed E-state index contributed by atoms with van der Waals surface area (Å²) in [6, 6.07) is 1.56. The van der Waals surface area contributed by atoms with Crippen LogP contribution in [-0.2, 0) is 19.9 Å². The van der Waals surface area contributed by atoms with Gasteiger partial charge in [0.2, 0.25) is 0 Å². The van der Waals surface area contributed by atoms with Crippen molar-refractivity contribution in [1.29, 1.82) is 0 Å². The second-order valence-electron chi connectivity index (χ2n) is 4.49. The number of rotatable bonds is 3. The summed E-state index contributed by atoms with van der Waals surface area (Å²) in [6.45, 7) is 0. The molecule has 1 N–H and O–H groups in total. The van der Waals surface area contributed by atoms with Gasteiger partial charge in [-0.3, -0.25) is 4.68 Å². The van der Waals surface area contributed by atoms with Crippen molar-refractivity contribution < 1.29 is 9.90 Å². The topological polar surface area (TPSA) is 68.0 Å². The Hall–Kier alpha value is -1.95. The number of hydrogen-bond donors (Lipinski definition) is 1. The average Bonchev–Trinajstić information content (AvgIpc) is 3.00. The first-order valence-electron chi connectivity index (χ1n) is 6.07. The maximum atomic E-state index is 10.8. The fourth-order valence-corrected chi connectivity index (χ4v) is 3.24. The van der Waals surface area contributed by atoms with Crippen molar-refractivity contribution >= 4 is 29.5 Å². The minimum absolute atomic E-state index is 0.0591. The molecule has 1 aliphatic rings. The molecule has 0 aromatic carbocycles. The van der Waals surface area contributed by atoms with Crippen molar-refractivity contribution in [3.63, 3.8) is 0 Å². The maximum Gasteiger partial charge on any atom is 0.356 e. The van der Waals surface area contributed by atoms with Gasteiger partial charge in [-0.05, 0) is 37.5 Å². The average molecular weight is 275 g/mol. The molecule has 0 amide bonds. The number of carboxylic acids is 1. The van der Waals surface area contributed by atoms with Crippen LogP contribution in [0.3, 0.4) is 0 Å². The number of aromatic carboxylic acids is 1. The van der Waals surface area contributed by atoms with Crippen LogP contribution in [0.25, 0.3) is 12.2 Å². The van der Waals surface area contributed by atoms with Crippen molar-refractivity contribution in [2.45, 2.75) is 19.3 Å². The van der Waals surface area contributed by atoms with Gasteiger partial charge >= 0.3 is 5.97 Å². The molecule has 3 rings (SSSR count). The van der Waals surface area contributed by atoms with E-state index in [-0.39, 0.29) is 5.69 Å². The van der Waals surface area contributed by atoms with Crippen molar-refractivity contribution in [2.75, 3.05) is 0 Å². The number of aromatic nitrogens is 3. The van der Waals surface area contributed by atoms with E-state index in [2.05, 4.69) is 10.1 Å². The Kier molecular flexibility index (Phi) is 2.94. The first kappa shape index (κ1) is 12.1. The van der Waals surface area contributed by atoms with Crippen LogP contribution < -0.4 is 0 Å². The Labute approximate surface area is 114 Å². The van der Waals surface area contributed by atoms with Gasteiger partial charge in [-0.2, -0.15) is 5.10 Å². The summed E-state index contributed by atoms with van der Waals surface area (Å²) in [5, 5.41) is 13.8. The third-order valence-corrected chi connectivity index (χ3v) is 4.27. The van der Waals surface area contributed by atoms with E-state index in [1.807, 2.05) is 12.2 Å². The maximum absolute atomic E-state index is 10.8. The highest BCUT2D eigenvalue weighted by molar-refractivity contribution is 7.12. The van der Waals surface area contributed by atoms with E-state index < -0.39 is 5.97 Å². The predicted molar refractivity (Wildman–Crippen MR) is 73.2 cm³/mol. The van der Waals surface area contributed by atoms with E-state index in [1.54, 1.807) is 29.1 Å². The van der Waals surface area contributed by atoms with Crippen molar-refractivity contribution in [3.8, 4) is 0 Å². The summed E-state index contributed by atoms with van der Waals surface area (Å²) in [5.41, 5.74) is 2.04. The molecule has 0 radical (unpaired) electrons. The number of carboxylic acid groups (broad SMARTS) is 1. The molecule has 19 heavy (non-hydrogen) atoms. The molecule has 0 saturated carbocycles. The number of nitrogens with zero attached hydrogens (tertiary/aromatic N) is 3. The smallest absolute Gasteiger partial charge is 0.356 e. The second kappa shape index (κ2) is 4.62. The summed E-state index contributed by atoms with van der Waals surface area (Å²) in [5.74, 6) is -1.01. The van der Waals surface area contributed by atoms with E-state index >= 15 is 0 Å². The number of carbonyl (C=O) groups is 1. The van der Waals surface area contributed by atoms with Gasteiger partial charge in [0.15, 0.2) is 5.69 Å². The minimum atomic E-state index is -1.01. The fourth-order valence-electron chi connectivity index (χ4n) is 2.18. The third kappa shape index (κ3) is 2.31. The van der Waals surface area contributed by atoms with Crippen molar-refractivity contribution in [2.24, 2.45) is 7.05 Å². The normalized spacial score (nSPS) is 14.2. The van der Waals surface area contributed by atoms with Gasteiger partial charge in [0.05, 0.1) is 11.4 Å². The van der Waals surface area contributed by atoms with Gasteiger partial charge in [-0.1, -0.05) is 0 Å². The minimum Gasteiger partial charge on any atom is -0.476 e. The summed E-state index contributed by atoms with van der Waals surface area (Å²) in [6.07, 6.45) is 7.20. The van der Waals surface area contributed by atoms with Crippen LogP contribution in [0.5, 0.6) is 0 Å². The van der Waals surface area contributed by atoms with Gasteiger partial charge in [0.1, 0.15) is 5.01 Å². The predicted octanol–water partition coefficient (Wildman–Crippen LogP) is 2.23. The molecule has 0 unspecified atom stereocenters. The van der Waals surface area contributed by atoms with Crippen LogP contribution in [0.1, 0.15) is 38.2 Å². The van der Waals surface area contributed by atoms with E-state index in [1.165, 1.54) is 17.0 Å². The highest BCUT2D eigenvalue weighted by atomic mass is 32.1. The van der Waals surface area contributed by atoms with Gasteiger partial charge in [0, 0.05) is 11.9 Å². The Morgan fingerprint density at radius 2 is 2.32 bits per heavy atom. The number of hydrogen-bond acceptors (Lipinski definition) is 4. The van der Waals surface area contributed by atoms with Crippen LogP contribution in [0.15, 0.2) is 6.07 Å². The standard InChI is InChI=1S/C13H13N3O2S/c1-16-8(7-10(15-16)13(17)18)5-6-12-14-9-3-2-4-11(9)19-12/h5-7H,2-4H2,1H3,(H,17,18)/b6-5+. The van der Waals surface area contributed by atoms with Gasteiger partial charge in [-0.25, -0.2) is 9.78 Å². The molecule has 0 saturated heterocycles. The molecule has 2 heterocycles.